The van der Waals surface area contributed by atoms with Crippen LogP contribution >= 0.6 is 0 Å². The lowest BCUT2D eigenvalue weighted by atomic mass is 9.92. The van der Waals surface area contributed by atoms with Crippen molar-refractivity contribution < 1.29 is 13.2 Å². The van der Waals surface area contributed by atoms with Crippen molar-refractivity contribution in [1.29, 1.82) is 0 Å². The number of pyridine rings is 1. The Kier molecular flexibility index (Phi) is 4.81. The SMILES string of the molecule is CCN1CCC(F)(c2nc3c(F)cc(-c4cc(F)c5nc(C)cn5c4)cc3c(=O)[nH]2)CC1. The summed E-state index contributed by atoms with van der Waals surface area (Å²) < 4.78 is 46.6. The molecule has 166 valence electrons. The highest BCUT2D eigenvalue weighted by molar-refractivity contribution is 5.84. The van der Waals surface area contributed by atoms with Gasteiger partial charge in [-0.15, -0.1) is 0 Å². The first kappa shape index (κ1) is 20.7. The Balaban J connectivity index is 1.60. The van der Waals surface area contributed by atoms with Crippen LogP contribution in [-0.2, 0) is 5.67 Å². The summed E-state index contributed by atoms with van der Waals surface area (Å²) in [5, 5.41) is -0.0133. The third kappa shape index (κ3) is 3.37. The summed E-state index contributed by atoms with van der Waals surface area (Å²) in [5.74, 6) is -1.46. The number of rotatable bonds is 3. The van der Waals surface area contributed by atoms with E-state index in [1.807, 2.05) is 6.92 Å². The average Bonchev–Trinajstić information content (AvgIpc) is 3.15. The Morgan fingerprint density at radius 3 is 2.50 bits per heavy atom. The predicted molar refractivity (Wildman–Crippen MR) is 115 cm³/mol. The van der Waals surface area contributed by atoms with Gasteiger partial charge in [0.1, 0.15) is 17.2 Å². The summed E-state index contributed by atoms with van der Waals surface area (Å²) in [6.45, 7) is 5.65. The fourth-order valence-corrected chi connectivity index (χ4v) is 4.38. The fourth-order valence-electron chi connectivity index (χ4n) is 4.38. The minimum absolute atomic E-state index is 0.0133. The fraction of sp³-hybridized carbons (Fsp3) is 0.348. The maximum atomic E-state index is 15.6. The van der Waals surface area contributed by atoms with Crippen molar-refractivity contribution in [3.63, 3.8) is 0 Å². The van der Waals surface area contributed by atoms with E-state index in [1.54, 1.807) is 19.3 Å². The molecule has 1 aliphatic rings. The molecule has 4 aromatic rings. The zero-order valence-electron chi connectivity index (χ0n) is 17.8. The van der Waals surface area contributed by atoms with E-state index in [9.17, 15) is 9.18 Å². The summed E-state index contributed by atoms with van der Waals surface area (Å²) >= 11 is 0. The van der Waals surface area contributed by atoms with E-state index in [0.717, 1.165) is 6.54 Å². The number of alkyl halides is 1. The normalized spacial score (nSPS) is 16.8. The summed E-state index contributed by atoms with van der Waals surface area (Å²) in [6.07, 6.45) is 3.63. The monoisotopic (exact) mass is 441 g/mol. The van der Waals surface area contributed by atoms with Gasteiger partial charge in [0.25, 0.3) is 5.56 Å². The van der Waals surface area contributed by atoms with E-state index < -0.39 is 22.9 Å². The second-order valence-electron chi connectivity index (χ2n) is 8.36. The lowest BCUT2D eigenvalue weighted by Gasteiger charge is -2.35. The molecule has 0 amide bonds. The number of H-pyrrole nitrogens is 1. The van der Waals surface area contributed by atoms with Crippen LogP contribution in [0, 0.1) is 18.6 Å². The van der Waals surface area contributed by atoms with Crippen LogP contribution in [0.4, 0.5) is 13.2 Å². The molecule has 0 unspecified atom stereocenters. The standard InChI is InChI=1S/C23H22F3N5O/c1-3-30-6-4-23(26,5-7-30)22-28-19-16(21(32)29-22)8-14(9-17(19)24)15-10-18(25)20-27-13(2)11-31(20)12-15/h8-12H,3-7H2,1-2H3,(H,28,29,32). The van der Waals surface area contributed by atoms with E-state index in [4.69, 9.17) is 0 Å². The first-order valence-corrected chi connectivity index (χ1v) is 10.6. The molecule has 1 fully saturated rings. The molecule has 5 rings (SSSR count). The van der Waals surface area contributed by atoms with Crippen molar-refractivity contribution in [3.05, 3.63) is 64.1 Å². The number of hydrogen-bond acceptors (Lipinski definition) is 4. The smallest absolute Gasteiger partial charge is 0.258 e. The van der Waals surface area contributed by atoms with E-state index in [2.05, 4.69) is 19.9 Å². The Hall–Kier alpha value is -3.20. The number of aromatic nitrogens is 4. The third-order valence-electron chi connectivity index (χ3n) is 6.24. The molecule has 0 saturated carbocycles. The van der Waals surface area contributed by atoms with Gasteiger partial charge >= 0.3 is 0 Å². The molecule has 1 aromatic carbocycles. The van der Waals surface area contributed by atoms with Crippen molar-refractivity contribution in [2.75, 3.05) is 19.6 Å². The highest BCUT2D eigenvalue weighted by atomic mass is 19.1. The highest BCUT2D eigenvalue weighted by Crippen LogP contribution is 2.35. The molecular formula is C23H22F3N5O. The van der Waals surface area contributed by atoms with Crippen LogP contribution in [0.15, 0.2) is 35.4 Å². The summed E-state index contributed by atoms with van der Waals surface area (Å²) in [7, 11) is 0. The molecule has 9 heteroatoms. The molecule has 32 heavy (non-hydrogen) atoms. The first-order valence-electron chi connectivity index (χ1n) is 10.6. The van der Waals surface area contributed by atoms with Crippen LogP contribution in [0.5, 0.6) is 0 Å². The van der Waals surface area contributed by atoms with Gasteiger partial charge in [-0.2, -0.15) is 0 Å². The van der Waals surface area contributed by atoms with Gasteiger partial charge in [0.2, 0.25) is 0 Å². The maximum Gasteiger partial charge on any atom is 0.258 e. The minimum atomic E-state index is -1.81. The van der Waals surface area contributed by atoms with Gasteiger partial charge < -0.3 is 14.3 Å². The zero-order valence-corrected chi connectivity index (χ0v) is 17.8. The molecule has 1 saturated heterocycles. The lowest BCUT2D eigenvalue weighted by Crippen LogP contribution is -2.41. The van der Waals surface area contributed by atoms with Crippen molar-refractivity contribution in [1.82, 2.24) is 24.3 Å². The van der Waals surface area contributed by atoms with E-state index in [0.29, 0.717) is 29.9 Å². The van der Waals surface area contributed by atoms with Gasteiger partial charge in [-0.05, 0) is 37.2 Å². The Labute approximate surface area is 181 Å². The quantitative estimate of drug-likeness (QED) is 0.520. The van der Waals surface area contributed by atoms with Crippen molar-refractivity contribution in [2.45, 2.75) is 32.4 Å². The van der Waals surface area contributed by atoms with Gasteiger partial charge in [0.15, 0.2) is 17.1 Å². The molecule has 0 atom stereocenters. The Morgan fingerprint density at radius 2 is 1.78 bits per heavy atom. The van der Waals surface area contributed by atoms with Crippen molar-refractivity contribution in [2.24, 2.45) is 0 Å². The topological polar surface area (TPSA) is 66.3 Å². The molecule has 1 aliphatic heterocycles. The number of nitrogens with one attached hydrogen (secondary N) is 1. The molecule has 0 aliphatic carbocycles. The van der Waals surface area contributed by atoms with Crippen LogP contribution < -0.4 is 5.56 Å². The van der Waals surface area contributed by atoms with E-state index in [-0.39, 0.29) is 35.2 Å². The van der Waals surface area contributed by atoms with E-state index >= 15 is 8.78 Å². The van der Waals surface area contributed by atoms with Crippen LogP contribution in [-0.4, -0.2) is 43.9 Å². The number of hydrogen-bond donors (Lipinski definition) is 1. The first-order chi connectivity index (χ1) is 15.3. The van der Waals surface area contributed by atoms with Crippen LogP contribution in [0.25, 0.3) is 27.7 Å². The molecule has 6 nitrogen and oxygen atoms in total. The number of fused-ring (bicyclic) bond motifs is 2. The second-order valence-corrected chi connectivity index (χ2v) is 8.36. The van der Waals surface area contributed by atoms with E-state index in [1.165, 1.54) is 22.6 Å². The molecule has 0 bridgehead atoms. The van der Waals surface area contributed by atoms with Crippen LogP contribution in [0.2, 0.25) is 0 Å². The molecule has 0 radical (unpaired) electrons. The number of likely N-dealkylation sites (tertiary alicyclic amines) is 1. The number of halogens is 3. The maximum absolute atomic E-state index is 15.6. The van der Waals surface area contributed by atoms with Gasteiger partial charge in [-0.1, -0.05) is 6.92 Å². The summed E-state index contributed by atoms with van der Waals surface area (Å²) in [4.78, 5) is 25.7. The summed E-state index contributed by atoms with van der Waals surface area (Å²) in [5.41, 5.74) is -1.12. The number of aromatic amines is 1. The predicted octanol–water partition coefficient (Wildman–Crippen LogP) is 4.10. The molecule has 3 aromatic heterocycles. The molecular weight excluding hydrogens is 419 g/mol. The van der Waals surface area contributed by atoms with Crippen LogP contribution in [0.3, 0.4) is 0 Å². The minimum Gasteiger partial charge on any atom is -0.307 e. The molecule has 4 heterocycles. The average molecular weight is 441 g/mol. The largest absolute Gasteiger partial charge is 0.307 e. The number of imidazole rings is 1. The van der Waals surface area contributed by atoms with Crippen molar-refractivity contribution >= 4 is 16.6 Å². The number of aryl methyl sites for hydroxylation is 1. The second kappa shape index (κ2) is 7.44. The van der Waals surface area contributed by atoms with Gasteiger partial charge in [0.05, 0.1) is 11.1 Å². The molecule has 1 N–H and O–H groups in total. The van der Waals surface area contributed by atoms with Gasteiger partial charge in [-0.25, -0.2) is 23.1 Å². The number of nitrogens with zero attached hydrogens (tertiary/aromatic N) is 4. The number of piperidine rings is 1. The van der Waals surface area contributed by atoms with Gasteiger partial charge in [0, 0.05) is 43.9 Å². The van der Waals surface area contributed by atoms with Crippen LogP contribution in [0.1, 0.15) is 31.3 Å². The van der Waals surface area contributed by atoms with Gasteiger partial charge in [-0.3, -0.25) is 4.79 Å². The Morgan fingerprint density at radius 1 is 1.06 bits per heavy atom. The van der Waals surface area contributed by atoms with Crippen molar-refractivity contribution in [3.8, 4) is 11.1 Å². The summed E-state index contributed by atoms with van der Waals surface area (Å²) in [6, 6.07) is 3.88. The number of benzene rings is 1. The zero-order chi connectivity index (χ0) is 22.6. The Bertz CT molecular complexity index is 1400. The lowest BCUT2D eigenvalue weighted by molar-refractivity contribution is 0.0508. The highest BCUT2D eigenvalue weighted by Gasteiger charge is 2.38. The third-order valence-corrected chi connectivity index (χ3v) is 6.24. The molecule has 0 spiro atoms.